The van der Waals surface area contributed by atoms with E-state index in [0.717, 1.165) is 19.3 Å². The average molecular weight is 288 g/mol. The highest BCUT2D eigenvalue weighted by Crippen LogP contribution is 2.20. The summed E-state index contributed by atoms with van der Waals surface area (Å²) in [5.74, 6) is -0.279. The first-order valence-corrected chi connectivity index (χ1v) is 7.19. The van der Waals surface area contributed by atoms with Crippen molar-refractivity contribution in [2.45, 2.75) is 26.2 Å². The molecule has 0 saturated heterocycles. The van der Waals surface area contributed by atoms with E-state index in [1.165, 1.54) is 4.74 Å². The second-order valence-corrected chi connectivity index (χ2v) is 4.93. The van der Waals surface area contributed by atoms with Gasteiger partial charge in [-0.15, -0.1) is 0 Å². The van der Waals surface area contributed by atoms with E-state index in [1.807, 2.05) is 18.2 Å². The van der Waals surface area contributed by atoms with Crippen LogP contribution >= 0.6 is 0 Å². The van der Waals surface area contributed by atoms with E-state index in [-0.39, 0.29) is 11.6 Å². The Bertz CT molecular complexity index is 656. The van der Waals surface area contributed by atoms with Crippen molar-refractivity contribution in [3.8, 4) is 11.1 Å². The fraction of sp³-hybridized carbons (Fsp3) is 0.375. The van der Waals surface area contributed by atoms with E-state index in [9.17, 15) is 9.59 Å². The molecular weight excluding hydrogens is 268 g/mol. The highest BCUT2D eigenvalue weighted by molar-refractivity contribution is 5.98. The molecule has 0 radical (unpaired) electrons. The van der Waals surface area contributed by atoms with Crippen LogP contribution in [0.5, 0.6) is 0 Å². The Morgan fingerprint density at radius 1 is 1.24 bits per heavy atom. The van der Waals surface area contributed by atoms with Gasteiger partial charge in [0.1, 0.15) is 5.56 Å². The predicted octanol–water partition coefficient (Wildman–Crippen LogP) is 2.57. The lowest BCUT2D eigenvalue weighted by Crippen LogP contribution is -2.27. The van der Waals surface area contributed by atoms with Crippen molar-refractivity contribution in [3.63, 3.8) is 0 Å². The van der Waals surface area contributed by atoms with E-state index in [1.54, 1.807) is 19.2 Å². The number of nitrogens with one attached hydrogen (secondary N) is 1. The zero-order valence-corrected chi connectivity index (χ0v) is 12.4. The van der Waals surface area contributed by atoms with Crippen LogP contribution in [0.25, 0.3) is 11.1 Å². The Balaban J connectivity index is 2.27. The van der Waals surface area contributed by atoms with Gasteiger partial charge in [0.15, 0.2) is 5.69 Å². The molecule has 0 unspecified atom stereocenters. The minimum Gasteiger partial charge on any atom is -0.351 e. The van der Waals surface area contributed by atoms with E-state index in [2.05, 4.69) is 12.2 Å². The highest BCUT2D eigenvalue weighted by atomic mass is 16.5. The van der Waals surface area contributed by atoms with Crippen molar-refractivity contribution < 1.29 is 9.32 Å². The van der Waals surface area contributed by atoms with Gasteiger partial charge in [-0.05, 0) is 12.0 Å². The fourth-order valence-electron chi connectivity index (χ4n) is 2.25. The molecule has 0 aliphatic rings. The van der Waals surface area contributed by atoms with Gasteiger partial charge in [-0.3, -0.25) is 4.79 Å². The predicted molar refractivity (Wildman–Crippen MR) is 81.2 cm³/mol. The van der Waals surface area contributed by atoms with Gasteiger partial charge in [-0.25, -0.2) is 9.53 Å². The summed E-state index contributed by atoms with van der Waals surface area (Å²) in [6, 6.07) is 9.09. The summed E-state index contributed by atoms with van der Waals surface area (Å²) in [7, 11) is 1.56. The number of aromatic nitrogens is 1. The van der Waals surface area contributed by atoms with Crippen molar-refractivity contribution in [1.82, 2.24) is 10.1 Å². The summed E-state index contributed by atoms with van der Waals surface area (Å²) < 4.78 is 6.28. The van der Waals surface area contributed by atoms with Crippen LogP contribution in [0.3, 0.4) is 0 Å². The second-order valence-electron chi connectivity index (χ2n) is 4.93. The third-order valence-electron chi connectivity index (χ3n) is 3.32. The molecule has 1 heterocycles. The smallest absolute Gasteiger partial charge is 0.351 e. The summed E-state index contributed by atoms with van der Waals surface area (Å²) in [6.45, 7) is 2.70. The topological polar surface area (TPSA) is 64.2 Å². The second kappa shape index (κ2) is 6.92. The largest absolute Gasteiger partial charge is 0.366 e. The molecule has 2 rings (SSSR count). The summed E-state index contributed by atoms with van der Waals surface area (Å²) in [6.07, 6.45) is 3.08. The molecule has 0 fully saturated rings. The molecule has 1 aromatic carbocycles. The Morgan fingerprint density at radius 3 is 2.62 bits per heavy atom. The van der Waals surface area contributed by atoms with E-state index < -0.39 is 5.63 Å². The average Bonchev–Trinajstić information content (AvgIpc) is 2.79. The normalized spacial score (nSPS) is 10.6. The van der Waals surface area contributed by atoms with Crippen LogP contribution in [0.1, 0.15) is 36.7 Å². The fourth-order valence-corrected chi connectivity index (χ4v) is 2.25. The lowest BCUT2D eigenvalue weighted by molar-refractivity contribution is 0.0933. The minimum absolute atomic E-state index is 0.266. The lowest BCUT2D eigenvalue weighted by atomic mass is 10.1. The van der Waals surface area contributed by atoms with Crippen LogP contribution in [0, 0.1) is 0 Å². The van der Waals surface area contributed by atoms with Crippen molar-refractivity contribution >= 4 is 5.91 Å². The molecule has 5 heteroatoms. The molecule has 2 aromatic rings. The number of unbranched alkanes of at least 4 members (excludes halogenated alkanes) is 2. The monoisotopic (exact) mass is 288 g/mol. The number of hydrogen-bond donors (Lipinski definition) is 1. The molecule has 0 aliphatic carbocycles. The van der Waals surface area contributed by atoms with Gasteiger partial charge >= 0.3 is 5.63 Å². The molecule has 5 nitrogen and oxygen atoms in total. The third-order valence-corrected chi connectivity index (χ3v) is 3.32. The van der Waals surface area contributed by atoms with Crippen LogP contribution in [-0.2, 0) is 7.05 Å². The van der Waals surface area contributed by atoms with Crippen LogP contribution in [0.4, 0.5) is 0 Å². The van der Waals surface area contributed by atoms with Crippen molar-refractivity contribution in [2.75, 3.05) is 6.54 Å². The molecule has 0 saturated carbocycles. The van der Waals surface area contributed by atoms with Gasteiger partial charge in [0.2, 0.25) is 0 Å². The van der Waals surface area contributed by atoms with Crippen LogP contribution in [0.15, 0.2) is 39.6 Å². The lowest BCUT2D eigenvalue weighted by Gasteiger charge is -2.06. The molecule has 21 heavy (non-hydrogen) atoms. The van der Waals surface area contributed by atoms with Gasteiger partial charge in [-0.2, -0.15) is 0 Å². The van der Waals surface area contributed by atoms with Crippen LogP contribution < -0.4 is 10.9 Å². The van der Waals surface area contributed by atoms with Crippen molar-refractivity contribution in [2.24, 2.45) is 7.05 Å². The number of benzene rings is 1. The molecule has 112 valence electrons. The molecule has 0 aliphatic heterocycles. The van der Waals surface area contributed by atoms with Gasteiger partial charge in [-0.1, -0.05) is 50.1 Å². The summed E-state index contributed by atoms with van der Waals surface area (Å²) in [5.41, 5.74) is 0.766. The van der Waals surface area contributed by atoms with Crippen LogP contribution in [0.2, 0.25) is 0 Å². The maximum Gasteiger partial charge on any atom is 0.366 e. The van der Waals surface area contributed by atoms with E-state index in [0.29, 0.717) is 17.7 Å². The maximum atomic E-state index is 12.3. The molecule has 0 spiro atoms. The molecule has 1 aromatic heterocycles. The van der Waals surface area contributed by atoms with Crippen molar-refractivity contribution in [1.29, 1.82) is 0 Å². The zero-order chi connectivity index (χ0) is 15.2. The molecule has 1 N–H and O–H groups in total. The van der Waals surface area contributed by atoms with Crippen molar-refractivity contribution in [3.05, 3.63) is 46.4 Å². The maximum absolute atomic E-state index is 12.3. The number of hydrogen-bond acceptors (Lipinski definition) is 3. The molecule has 0 atom stereocenters. The first kappa shape index (κ1) is 15.1. The number of aryl methyl sites for hydroxylation is 1. The van der Waals surface area contributed by atoms with Gasteiger partial charge in [0.25, 0.3) is 5.91 Å². The molecule has 0 bridgehead atoms. The SMILES string of the molecule is CCCCCNC(=O)c1c(-c2ccccc2)c(=O)on1C. The van der Waals surface area contributed by atoms with Gasteiger partial charge in [0, 0.05) is 13.6 Å². The third kappa shape index (κ3) is 3.42. The summed E-state index contributed by atoms with van der Waals surface area (Å²) in [4.78, 5) is 24.3. The number of nitrogens with zero attached hydrogens (tertiary/aromatic N) is 1. The standard InChI is InChI=1S/C16H20N2O3/c1-3-4-8-11-17-15(19)14-13(16(20)21-18(14)2)12-9-6-5-7-10-12/h5-7,9-10H,3-4,8,11H2,1-2H3,(H,17,19). The Hall–Kier alpha value is -2.30. The van der Waals surface area contributed by atoms with Gasteiger partial charge in [0.05, 0.1) is 0 Å². The molecular formula is C16H20N2O3. The quantitative estimate of drug-likeness (QED) is 0.831. The Morgan fingerprint density at radius 2 is 1.95 bits per heavy atom. The van der Waals surface area contributed by atoms with Gasteiger partial charge < -0.3 is 9.84 Å². The summed E-state index contributed by atoms with van der Waals surface area (Å²) >= 11 is 0. The van der Waals surface area contributed by atoms with E-state index >= 15 is 0 Å². The Kier molecular flexibility index (Phi) is 4.98. The molecule has 1 amide bonds. The minimum atomic E-state index is -0.498. The Labute approximate surface area is 123 Å². The first-order valence-electron chi connectivity index (χ1n) is 7.19. The zero-order valence-electron chi connectivity index (χ0n) is 12.4. The number of carbonyl (C=O) groups excluding carboxylic acids is 1. The van der Waals surface area contributed by atoms with Crippen LogP contribution in [-0.4, -0.2) is 17.2 Å². The van der Waals surface area contributed by atoms with E-state index in [4.69, 9.17) is 4.52 Å². The number of rotatable bonds is 6. The summed E-state index contributed by atoms with van der Waals surface area (Å²) in [5, 5.41) is 2.84. The first-order chi connectivity index (χ1) is 10.1. The number of carbonyl (C=O) groups is 1. The number of amides is 1. The highest BCUT2D eigenvalue weighted by Gasteiger charge is 2.22.